The summed E-state index contributed by atoms with van der Waals surface area (Å²) in [6, 6.07) is 16.1. The van der Waals surface area contributed by atoms with Crippen molar-refractivity contribution >= 4 is 58.1 Å². The van der Waals surface area contributed by atoms with Gasteiger partial charge in [0.15, 0.2) is 0 Å². The molecule has 3 aromatic rings. The third-order valence-corrected chi connectivity index (χ3v) is 9.19. The van der Waals surface area contributed by atoms with Crippen LogP contribution in [0.2, 0.25) is 15.1 Å². The number of primary amides is 1. The normalized spacial score (nSPS) is 20.8. The van der Waals surface area contributed by atoms with E-state index in [2.05, 4.69) is 41.1 Å². The Balaban J connectivity index is 1.47. The van der Waals surface area contributed by atoms with Crippen molar-refractivity contribution in [1.82, 2.24) is 15.1 Å². The van der Waals surface area contributed by atoms with E-state index in [9.17, 15) is 9.59 Å². The lowest BCUT2D eigenvalue weighted by atomic mass is 9.93. The van der Waals surface area contributed by atoms with E-state index in [-0.39, 0.29) is 21.6 Å². The second-order valence-electron chi connectivity index (χ2n) is 11.0. The topological polar surface area (TPSA) is 81.9 Å². The van der Waals surface area contributed by atoms with Crippen molar-refractivity contribution in [2.75, 3.05) is 18.0 Å². The van der Waals surface area contributed by atoms with Crippen molar-refractivity contribution in [3.8, 4) is 11.1 Å². The van der Waals surface area contributed by atoms with Crippen LogP contribution in [0.4, 0.5) is 16.2 Å². The van der Waals surface area contributed by atoms with E-state index >= 15 is 0 Å². The van der Waals surface area contributed by atoms with Crippen molar-refractivity contribution in [1.29, 1.82) is 0 Å². The standard InChI is InChI=1S/C30H30Cl3N5O2/c1-16(2)37-15-19-11-20(37)14-36(19)13-17-7-22(21-5-3-4-6-24(21)31)23-12-35-30(40)38(27(23)8-17)28-25(32)9-18(29(34)39)10-26(28)33/h3-10,16,19-20H,11-15H2,1-2H3,(H2,34,39)(H,35,40). The van der Waals surface area contributed by atoms with Gasteiger partial charge in [-0.2, -0.15) is 0 Å². The lowest BCUT2D eigenvalue weighted by molar-refractivity contribution is 0.0998. The monoisotopic (exact) mass is 597 g/mol. The van der Waals surface area contributed by atoms with Gasteiger partial charge in [-0.15, -0.1) is 0 Å². The zero-order chi connectivity index (χ0) is 28.3. The molecule has 2 bridgehead atoms. The van der Waals surface area contributed by atoms with Crippen LogP contribution in [0.3, 0.4) is 0 Å². The number of hydrogen-bond acceptors (Lipinski definition) is 4. The average molecular weight is 599 g/mol. The zero-order valence-electron chi connectivity index (χ0n) is 22.3. The number of carbonyl (C=O) groups excluding carboxylic acids is 2. The summed E-state index contributed by atoms with van der Waals surface area (Å²) in [5, 5.41) is 3.89. The van der Waals surface area contributed by atoms with Crippen LogP contribution < -0.4 is 16.0 Å². The first-order chi connectivity index (χ1) is 19.1. The third kappa shape index (κ3) is 4.74. The number of benzene rings is 3. The highest BCUT2D eigenvalue weighted by Gasteiger charge is 2.44. The Morgan fingerprint density at radius 2 is 1.73 bits per heavy atom. The number of nitrogens with zero attached hydrogens (tertiary/aromatic N) is 3. The molecule has 0 aliphatic carbocycles. The molecule has 6 rings (SSSR count). The average Bonchev–Trinajstić information content (AvgIpc) is 3.50. The van der Waals surface area contributed by atoms with Gasteiger partial charge in [-0.1, -0.05) is 53.0 Å². The molecule has 3 aliphatic heterocycles. The number of halogens is 3. The molecule has 3 heterocycles. The van der Waals surface area contributed by atoms with Crippen LogP contribution in [0.15, 0.2) is 48.5 Å². The van der Waals surface area contributed by atoms with Gasteiger partial charge in [0.25, 0.3) is 0 Å². The SMILES string of the molecule is CC(C)N1CC2CC1CN2Cc1cc(-c2ccccc2Cl)c2c(c1)N(c1c(Cl)cc(C(N)=O)cc1Cl)C(=O)NC2. The Bertz CT molecular complexity index is 1500. The molecular weight excluding hydrogens is 569 g/mol. The molecule has 0 aromatic heterocycles. The number of hydrogen-bond donors (Lipinski definition) is 2. The van der Waals surface area contributed by atoms with Crippen molar-refractivity contribution in [2.24, 2.45) is 5.73 Å². The maximum Gasteiger partial charge on any atom is 0.326 e. The maximum atomic E-state index is 13.4. The molecule has 208 valence electrons. The maximum absolute atomic E-state index is 13.4. The second-order valence-corrected chi connectivity index (χ2v) is 12.3. The van der Waals surface area contributed by atoms with Crippen molar-refractivity contribution in [3.63, 3.8) is 0 Å². The predicted molar refractivity (Wildman–Crippen MR) is 161 cm³/mol. The molecule has 3 aliphatic rings. The highest BCUT2D eigenvalue weighted by atomic mass is 35.5. The van der Waals surface area contributed by atoms with Gasteiger partial charge in [0.05, 0.1) is 21.4 Å². The minimum atomic E-state index is -0.655. The first-order valence-electron chi connectivity index (χ1n) is 13.4. The molecule has 7 nitrogen and oxygen atoms in total. The van der Waals surface area contributed by atoms with Crippen LogP contribution in [-0.2, 0) is 13.1 Å². The van der Waals surface area contributed by atoms with Crippen LogP contribution >= 0.6 is 34.8 Å². The Morgan fingerprint density at radius 1 is 1.00 bits per heavy atom. The number of nitrogens with one attached hydrogen (secondary N) is 1. The van der Waals surface area contributed by atoms with E-state index in [0.717, 1.165) is 41.9 Å². The van der Waals surface area contributed by atoms with E-state index in [1.54, 1.807) is 0 Å². The molecule has 3 N–H and O–H groups in total. The van der Waals surface area contributed by atoms with Crippen LogP contribution in [0, 0.1) is 0 Å². The number of carbonyl (C=O) groups is 2. The van der Waals surface area contributed by atoms with Gasteiger partial charge in [0.2, 0.25) is 5.91 Å². The third-order valence-electron chi connectivity index (χ3n) is 8.28. The van der Waals surface area contributed by atoms with Crippen LogP contribution in [0.25, 0.3) is 11.1 Å². The molecule has 2 saturated heterocycles. The van der Waals surface area contributed by atoms with Crippen molar-refractivity contribution < 1.29 is 9.59 Å². The van der Waals surface area contributed by atoms with Crippen molar-refractivity contribution in [2.45, 2.75) is 51.5 Å². The Labute approximate surface area is 248 Å². The lowest BCUT2D eigenvalue weighted by Gasteiger charge is -2.37. The summed E-state index contributed by atoms with van der Waals surface area (Å²) in [7, 11) is 0. The molecule has 0 spiro atoms. The van der Waals surface area contributed by atoms with Gasteiger partial charge >= 0.3 is 6.03 Å². The number of anilines is 2. The Morgan fingerprint density at radius 3 is 2.35 bits per heavy atom. The molecular formula is C30H30Cl3N5O2. The zero-order valence-corrected chi connectivity index (χ0v) is 24.5. The Kier molecular flexibility index (Phi) is 7.21. The van der Waals surface area contributed by atoms with Gasteiger partial charge in [-0.3, -0.25) is 19.5 Å². The summed E-state index contributed by atoms with van der Waals surface area (Å²) in [5.74, 6) is -0.655. The fourth-order valence-electron chi connectivity index (χ4n) is 6.45. The number of rotatable bonds is 6. The van der Waals surface area contributed by atoms with Gasteiger partial charge in [0.1, 0.15) is 0 Å². The van der Waals surface area contributed by atoms with Gasteiger partial charge in [-0.05, 0) is 61.7 Å². The summed E-state index contributed by atoms with van der Waals surface area (Å²) in [5.41, 5.74) is 10.4. The van der Waals surface area contributed by atoms with E-state index < -0.39 is 5.91 Å². The number of urea groups is 1. The first-order valence-corrected chi connectivity index (χ1v) is 14.5. The lowest BCUT2D eigenvalue weighted by Crippen LogP contribution is -2.48. The largest absolute Gasteiger partial charge is 0.366 e. The van der Waals surface area contributed by atoms with E-state index in [1.165, 1.54) is 23.5 Å². The van der Waals surface area contributed by atoms with Crippen LogP contribution in [0.5, 0.6) is 0 Å². The molecule has 2 atom stereocenters. The second kappa shape index (κ2) is 10.5. The summed E-state index contributed by atoms with van der Waals surface area (Å²) in [6.07, 6.45) is 1.17. The number of nitrogens with two attached hydrogens (primary N) is 1. The fourth-order valence-corrected chi connectivity index (χ4v) is 7.34. The fraction of sp³-hybridized carbons (Fsp3) is 0.333. The molecule has 0 radical (unpaired) electrons. The van der Waals surface area contributed by atoms with E-state index in [4.69, 9.17) is 40.5 Å². The first kappa shape index (κ1) is 27.4. The van der Waals surface area contributed by atoms with Crippen LogP contribution in [0.1, 0.15) is 41.8 Å². The summed E-state index contributed by atoms with van der Waals surface area (Å²) >= 11 is 20.0. The Hall–Kier alpha value is -2.81. The molecule has 2 unspecified atom stereocenters. The highest BCUT2D eigenvalue weighted by Crippen LogP contribution is 2.45. The van der Waals surface area contributed by atoms with Crippen LogP contribution in [-0.4, -0.2) is 53.0 Å². The molecule has 0 saturated carbocycles. The highest BCUT2D eigenvalue weighted by molar-refractivity contribution is 6.41. The number of likely N-dealkylation sites (tertiary alicyclic amines) is 2. The number of piperazine rings is 1. The summed E-state index contributed by atoms with van der Waals surface area (Å²) < 4.78 is 0. The van der Waals surface area contributed by atoms with E-state index in [0.29, 0.717) is 41.1 Å². The predicted octanol–water partition coefficient (Wildman–Crippen LogP) is 6.44. The number of amides is 3. The van der Waals surface area contributed by atoms with E-state index in [1.807, 2.05) is 24.3 Å². The van der Waals surface area contributed by atoms with Gasteiger partial charge < -0.3 is 11.1 Å². The minimum absolute atomic E-state index is 0.152. The number of fused-ring (bicyclic) bond motifs is 3. The van der Waals surface area contributed by atoms with Crippen molar-refractivity contribution in [3.05, 3.63) is 80.3 Å². The summed E-state index contributed by atoms with van der Waals surface area (Å²) in [6.45, 7) is 7.66. The molecule has 10 heteroatoms. The minimum Gasteiger partial charge on any atom is -0.366 e. The quantitative estimate of drug-likeness (QED) is 0.342. The van der Waals surface area contributed by atoms with Gasteiger partial charge in [0, 0.05) is 66.0 Å². The summed E-state index contributed by atoms with van der Waals surface area (Å²) in [4.78, 5) is 31.8. The smallest absolute Gasteiger partial charge is 0.326 e. The molecule has 3 amide bonds. The molecule has 40 heavy (non-hydrogen) atoms. The molecule has 2 fully saturated rings. The van der Waals surface area contributed by atoms with Gasteiger partial charge in [-0.25, -0.2) is 4.79 Å². The molecule has 3 aromatic carbocycles.